The summed E-state index contributed by atoms with van der Waals surface area (Å²) in [5, 5.41) is 17.2. The molecule has 4 amide bonds. The number of benzene rings is 4. The van der Waals surface area contributed by atoms with E-state index in [9.17, 15) is 47.2 Å². The molecule has 3 atom stereocenters. The Morgan fingerprint density at radius 2 is 1.40 bits per heavy atom. The Kier molecular flexibility index (Phi) is 26.6. The number of hydrogen-bond acceptors (Lipinski definition) is 18. The quantitative estimate of drug-likeness (QED) is 0.0127. The lowest BCUT2D eigenvalue weighted by atomic mass is 9.80. The zero-order valence-corrected chi connectivity index (χ0v) is 52.5. The van der Waals surface area contributed by atoms with Gasteiger partial charge in [0.05, 0.1) is 71.6 Å². The predicted octanol–water partition coefficient (Wildman–Crippen LogP) is 9.05. The van der Waals surface area contributed by atoms with Gasteiger partial charge < -0.3 is 43.4 Å². The number of nitrogens with zero attached hydrogens (tertiary/aromatic N) is 6. The van der Waals surface area contributed by atoms with Crippen LogP contribution < -0.4 is 35.9 Å². The maximum absolute atomic E-state index is 14.0. The Morgan fingerprint density at radius 3 is 1.97 bits per heavy atom. The second-order valence-electron chi connectivity index (χ2n) is 21.3. The molecule has 0 aliphatic heterocycles. The van der Waals surface area contributed by atoms with E-state index in [1.54, 1.807) is 28.1 Å². The largest absolute Gasteiger partial charge is 0.497 e. The van der Waals surface area contributed by atoms with Gasteiger partial charge in [0.25, 0.3) is 20.0 Å². The summed E-state index contributed by atoms with van der Waals surface area (Å²) in [6.07, 6.45) is -4.46. The number of halogens is 3. The third kappa shape index (κ3) is 19.5. The molecule has 0 radical (unpaired) electrons. The third-order valence-electron chi connectivity index (χ3n) is 13.9. The highest BCUT2D eigenvalue weighted by atomic mass is 31.2. The predicted molar refractivity (Wildman–Crippen MR) is 329 cm³/mol. The molecule has 27 heteroatoms. The topological polar surface area (TPSA) is 288 Å². The number of aromatic amines is 1. The number of ether oxygens (including phenoxy) is 5. The van der Waals surface area contributed by atoms with Crippen LogP contribution in [0.1, 0.15) is 106 Å². The molecular weight excluding hydrogens is 1190 g/mol. The van der Waals surface area contributed by atoms with Crippen LogP contribution in [0.4, 0.5) is 24.8 Å². The van der Waals surface area contributed by atoms with Crippen LogP contribution in [0.15, 0.2) is 114 Å². The summed E-state index contributed by atoms with van der Waals surface area (Å²) in [7, 11) is 2.59. The Balaban J connectivity index is 1.08. The van der Waals surface area contributed by atoms with Crippen molar-refractivity contribution in [1.82, 2.24) is 35.2 Å². The molecule has 6 rings (SSSR count). The van der Waals surface area contributed by atoms with Gasteiger partial charge in [0.2, 0.25) is 17.8 Å². The highest BCUT2D eigenvalue weighted by Gasteiger charge is 2.44. The van der Waals surface area contributed by atoms with Crippen molar-refractivity contribution < 1.29 is 69.9 Å². The van der Waals surface area contributed by atoms with Crippen LogP contribution in [0.3, 0.4) is 0 Å². The molecular formula is C63H76F3N10O13P. The first kappa shape index (κ1) is 70.6. The third-order valence-corrected chi connectivity index (χ3v) is 16.0. The minimum Gasteiger partial charge on any atom is -0.497 e. The van der Waals surface area contributed by atoms with Gasteiger partial charge in [-0.1, -0.05) is 68.4 Å². The van der Waals surface area contributed by atoms with E-state index < -0.39 is 80.1 Å². The second-order valence-corrected chi connectivity index (χ2v) is 22.7. The van der Waals surface area contributed by atoms with Crippen LogP contribution in [-0.4, -0.2) is 139 Å². The summed E-state index contributed by atoms with van der Waals surface area (Å²) < 4.78 is 86.8. The molecule has 2 heterocycles. The lowest BCUT2D eigenvalue weighted by Crippen LogP contribution is -2.42. The molecule has 0 aliphatic carbocycles. The van der Waals surface area contributed by atoms with Crippen molar-refractivity contribution >= 4 is 60.9 Å². The first-order valence-electron chi connectivity index (χ1n) is 29.1. The van der Waals surface area contributed by atoms with E-state index in [1.165, 1.54) is 0 Å². The Hall–Kier alpha value is -8.44. The number of nitriles is 1. The van der Waals surface area contributed by atoms with E-state index in [2.05, 4.69) is 74.3 Å². The van der Waals surface area contributed by atoms with Crippen LogP contribution in [0.2, 0.25) is 0 Å². The van der Waals surface area contributed by atoms with E-state index in [-0.39, 0.29) is 98.4 Å². The van der Waals surface area contributed by atoms with Crippen molar-refractivity contribution in [2.75, 3.05) is 64.5 Å². The summed E-state index contributed by atoms with van der Waals surface area (Å²) in [6.45, 7) is 11.5. The molecule has 0 saturated carbocycles. The number of methoxy groups -OCH3 is 3. The minimum absolute atomic E-state index is 0.0152. The molecule has 6 aromatic rings. The summed E-state index contributed by atoms with van der Waals surface area (Å²) >= 11 is 0. The normalized spacial score (nSPS) is 12.7. The molecule has 0 bridgehead atoms. The minimum atomic E-state index is -5.36. The lowest BCUT2D eigenvalue weighted by molar-refractivity contribution is -0.170. The van der Waals surface area contributed by atoms with Crippen molar-refractivity contribution in [1.29, 1.82) is 5.26 Å². The molecule has 0 aliphatic rings. The fourth-order valence-electron chi connectivity index (χ4n) is 9.33. The van der Waals surface area contributed by atoms with E-state index in [0.29, 0.717) is 29.2 Å². The van der Waals surface area contributed by atoms with Crippen molar-refractivity contribution in [2.45, 2.75) is 116 Å². The van der Waals surface area contributed by atoms with Crippen LogP contribution >= 0.6 is 8.53 Å². The van der Waals surface area contributed by atoms with E-state index >= 15 is 0 Å². The molecule has 4 N–H and O–H groups in total. The smallest absolute Gasteiger partial charge is 0.471 e. The summed E-state index contributed by atoms with van der Waals surface area (Å²) in [6, 6.07) is 30.5. The number of anilines is 2. The molecule has 0 spiro atoms. The Morgan fingerprint density at radius 1 is 0.778 bits per heavy atom. The molecule has 23 nitrogen and oxygen atoms in total. The van der Waals surface area contributed by atoms with Crippen molar-refractivity contribution in [3.8, 4) is 17.6 Å². The van der Waals surface area contributed by atoms with Crippen molar-refractivity contribution in [3.05, 3.63) is 148 Å². The first-order valence-corrected chi connectivity index (χ1v) is 30.2. The maximum Gasteiger partial charge on any atom is 0.471 e. The van der Waals surface area contributed by atoms with Crippen LogP contribution in [0.25, 0.3) is 11.2 Å². The number of esters is 1. The Labute approximate surface area is 521 Å². The number of hydrogen-bond donors (Lipinski definition) is 4. The van der Waals surface area contributed by atoms with Crippen LogP contribution in [0.5, 0.6) is 11.5 Å². The zero-order valence-electron chi connectivity index (χ0n) is 51.6. The second kappa shape index (κ2) is 33.9. The van der Waals surface area contributed by atoms with Crippen LogP contribution in [-0.2, 0) is 54.6 Å². The van der Waals surface area contributed by atoms with Crippen LogP contribution in [0, 0.1) is 17.2 Å². The van der Waals surface area contributed by atoms with E-state index in [1.807, 2.05) is 78.9 Å². The van der Waals surface area contributed by atoms with E-state index in [0.717, 1.165) is 54.3 Å². The van der Waals surface area contributed by atoms with Crippen molar-refractivity contribution in [3.63, 3.8) is 0 Å². The van der Waals surface area contributed by atoms with Gasteiger partial charge in [0.1, 0.15) is 23.1 Å². The number of carbonyl (C=O) groups is 5. The first-order chi connectivity index (χ1) is 43.0. The summed E-state index contributed by atoms with van der Waals surface area (Å²) in [5.41, 5.74) is -0.790. The zero-order chi connectivity index (χ0) is 65.5. The highest BCUT2D eigenvalue weighted by molar-refractivity contribution is 7.44. The Bertz CT molecular complexity index is 3370. The fraction of sp³-hybridized carbons (Fsp3) is 0.429. The average Bonchev–Trinajstić information content (AvgIpc) is 0.788. The summed E-state index contributed by atoms with van der Waals surface area (Å²) in [4.78, 5) is 92.1. The molecule has 0 fully saturated rings. The molecule has 2 aromatic heterocycles. The van der Waals surface area contributed by atoms with Gasteiger partial charge in [-0.2, -0.15) is 23.4 Å². The van der Waals surface area contributed by atoms with Gasteiger partial charge in [-0.05, 0) is 112 Å². The van der Waals surface area contributed by atoms with Gasteiger partial charge in [-0.15, -0.1) is 0 Å². The number of amides is 4. The molecule has 1 unspecified atom stereocenters. The number of H-pyrrole nitrogens is 1. The number of nitrogens with one attached hydrogen (secondary N) is 4. The maximum atomic E-state index is 14.0. The lowest BCUT2D eigenvalue weighted by Gasteiger charge is -2.39. The van der Waals surface area contributed by atoms with Gasteiger partial charge in [0, 0.05) is 55.4 Å². The van der Waals surface area contributed by atoms with Gasteiger partial charge in [-0.25, -0.2) is 19.4 Å². The highest BCUT2D eigenvalue weighted by Crippen LogP contribution is 2.49. The fourth-order valence-corrected chi connectivity index (χ4v) is 11.1. The molecule has 4 aromatic carbocycles. The number of carbonyl (C=O) groups excluding carboxylic acids is 5. The average molecular weight is 1270 g/mol. The summed E-state index contributed by atoms with van der Waals surface area (Å²) in [5.74, 6) is -4.24. The van der Waals surface area contributed by atoms with Gasteiger partial charge in [-0.3, -0.25) is 39.2 Å². The van der Waals surface area contributed by atoms with Gasteiger partial charge >= 0.3 is 18.1 Å². The monoisotopic (exact) mass is 1270 g/mol. The number of aromatic nitrogens is 4. The molecule has 0 saturated heterocycles. The number of rotatable bonds is 34. The SMILES string of the molecule is COC(=O)[C@@H](CCC(=O)NCCCOCC[C@H](COC(c1ccccc1)(c1ccc(OC)cc1)c1ccc(OC)cc1)OP(OCCC#N)N(C(C)C)C(C)C)NC(=O)c1ccc(N(Cc2cnc3nc(NC(=O)C(C)C)[nH]c(=O)c3n2)C(=O)C(F)(F)F)cc1. The standard InChI is InChI=1S/C63H76F3N10O13P/c1-40(2)56(78)73-61-72-55-54(58(80)74-61)70-47(37-69-55)38-75(60(82)63(64,65)66)48-23-17-43(18-24-48)57(79)71-52(59(81)85-9)29-30-53(77)68-33-14-34-86-36-31-51(89-90(88-35-13-32-67)76(41(3)4)42(5)6)39-87-62(44-15-11-10-12-16-44,45-19-25-49(83-7)26-20-45)46-21-27-50(84-8)28-22-46/h10-12,15-28,37,40-42,51-52H,13-14,29-31,33-36,38-39H2,1-9H3,(H,68,77)(H,71,79)(H2,69,72,73,74,78,80)/t51-,52-,90?/m1/s1. The van der Waals surface area contributed by atoms with Crippen molar-refractivity contribution in [2.24, 2.45) is 5.92 Å². The molecule has 482 valence electrons. The van der Waals surface area contributed by atoms with Gasteiger partial charge in [0.15, 0.2) is 11.2 Å². The number of fused-ring (bicyclic) bond motifs is 1. The van der Waals surface area contributed by atoms with E-state index in [4.69, 9.17) is 32.7 Å². The molecule has 90 heavy (non-hydrogen) atoms. The number of alkyl halides is 3.